The minimum Gasteiger partial charge on any atom is -0.388 e. The molecular formula is C26H34N2O4S. The molecule has 3 atom stereocenters. The van der Waals surface area contributed by atoms with Gasteiger partial charge in [-0.1, -0.05) is 55.3 Å². The number of benzene rings is 2. The predicted molar refractivity (Wildman–Crippen MR) is 128 cm³/mol. The highest BCUT2D eigenvalue weighted by Crippen LogP contribution is 2.38. The fraction of sp³-hybridized carbons (Fsp3) is 0.500. The number of carbonyl (C=O) groups excluding carboxylic acids is 1. The normalized spacial score (nSPS) is 26.9. The molecule has 6 nitrogen and oxygen atoms in total. The van der Waals surface area contributed by atoms with E-state index in [-0.39, 0.29) is 17.9 Å². The molecule has 0 radical (unpaired) electrons. The van der Waals surface area contributed by atoms with Crippen LogP contribution < -0.4 is 5.32 Å². The van der Waals surface area contributed by atoms with Gasteiger partial charge in [-0.2, -0.15) is 0 Å². The van der Waals surface area contributed by atoms with Crippen LogP contribution in [-0.2, 0) is 21.2 Å². The van der Waals surface area contributed by atoms with Gasteiger partial charge in [0.05, 0.1) is 22.6 Å². The first kappa shape index (κ1) is 23.9. The largest absolute Gasteiger partial charge is 0.388 e. The summed E-state index contributed by atoms with van der Waals surface area (Å²) in [6.07, 6.45) is 5.72. The molecule has 2 N–H and O–H groups in total. The number of piperidine rings is 1. The summed E-state index contributed by atoms with van der Waals surface area (Å²) in [7, 11) is -3.25. The lowest BCUT2D eigenvalue weighted by Gasteiger charge is -2.49. The summed E-state index contributed by atoms with van der Waals surface area (Å²) >= 11 is 0. The third kappa shape index (κ3) is 5.48. The average molecular weight is 471 g/mol. The van der Waals surface area contributed by atoms with Crippen molar-refractivity contribution in [1.29, 1.82) is 0 Å². The van der Waals surface area contributed by atoms with Crippen molar-refractivity contribution in [3.63, 3.8) is 0 Å². The number of amides is 1. The van der Waals surface area contributed by atoms with Crippen molar-refractivity contribution in [2.24, 2.45) is 5.92 Å². The van der Waals surface area contributed by atoms with Crippen LogP contribution in [-0.4, -0.2) is 48.8 Å². The fourth-order valence-corrected chi connectivity index (χ4v) is 5.85. The molecule has 2 aliphatic rings. The van der Waals surface area contributed by atoms with Crippen LogP contribution in [0, 0.1) is 5.92 Å². The van der Waals surface area contributed by atoms with E-state index in [4.69, 9.17) is 0 Å². The monoisotopic (exact) mass is 470 g/mol. The Morgan fingerprint density at radius 1 is 1.09 bits per heavy atom. The van der Waals surface area contributed by atoms with Gasteiger partial charge in [-0.3, -0.25) is 9.69 Å². The lowest BCUT2D eigenvalue weighted by atomic mass is 9.79. The highest BCUT2D eigenvalue weighted by molar-refractivity contribution is 7.90. The van der Waals surface area contributed by atoms with Crippen LogP contribution in [0.3, 0.4) is 0 Å². The number of aliphatic hydroxyl groups is 1. The summed E-state index contributed by atoms with van der Waals surface area (Å²) in [5.41, 5.74) is 0.999. The van der Waals surface area contributed by atoms with Crippen molar-refractivity contribution in [2.75, 3.05) is 12.8 Å². The summed E-state index contributed by atoms with van der Waals surface area (Å²) in [4.78, 5) is 15.7. The summed E-state index contributed by atoms with van der Waals surface area (Å²) in [5, 5.41) is 14.6. The van der Waals surface area contributed by atoms with Crippen LogP contribution in [0.5, 0.6) is 0 Å². The molecule has 1 amide bonds. The Labute approximate surface area is 196 Å². The summed E-state index contributed by atoms with van der Waals surface area (Å²) in [5.74, 6) is 0.0641. The Kier molecular flexibility index (Phi) is 6.93. The molecule has 0 spiro atoms. The van der Waals surface area contributed by atoms with Crippen molar-refractivity contribution in [2.45, 2.75) is 68.2 Å². The third-order valence-electron chi connectivity index (χ3n) is 7.19. The Morgan fingerprint density at radius 3 is 2.33 bits per heavy atom. The van der Waals surface area contributed by atoms with Crippen molar-refractivity contribution >= 4 is 15.7 Å². The second-order valence-electron chi connectivity index (χ2n) is 9.82. The molecule has 0 bridgehead atoms. The Hall–Kier alpha value is -2.22. The van der Waals surface area contributed by atoms with Gasteiger partial charge < -0.3 is 10.4 Å². The Morgan fingerprint density at radius 2 is 1.73 bits per heavy atom. The van der Waals surface area contributed by atoms with Gasteiger partial charge in [0.1, 0.15) is 0 Å². The second kappa shape index (κ2) is 9.57. The molecule has 1 heterocycles. The lowest BCUT2D eigenvalue weighted by molar-refractivity contribution is -0.132. The number of nitrogens with one attached hydrogen (secondary N) is 1. The quantitative estimate of drug-likeness (QED) is 0.675. The molecule has 1 saturated heterocycles. The van der Waals surface area contributed by atoms with Crippen LogP contribution in [0.15, 0.2) is 59.5 Å². The maximum Gasteiger partial charge on any atom is 0.223 e. The molecule has 178 valence electrons. The van der Waals surface area contributed by atoms with E-state index in [1.807, 2.05) is 49.4 Å². The Balaban J connectivity index is 1.63. The second-order valence-corrected chi connectivity index (χ2v) is 11.8. The minimum atomic E-state index is -3.25. The van der Waals surface area contributed by atoms with Crippen molar-refractivity contribution in [1.82, 2.24) is 10.2 Å². The van der Waals surface area contributed by atoms with Crippen LogP contribution >= 0.6 is 0 Å². The smallest absolute Gasteiger partial charge is 0.223 e. The number of carbonyl (C=O) groups is 1. The van der Waals surface area contributed by atoms with Gasteiger partial charge in [0.25, 0.3) is 0 Å². The molecule has 33 heavy (non-hydrogen) atoms. The van der Waals surface area contributed by atoms with Crippen LogP contribution in [0.25, 0.3) is 0 Å². The summed E-state index contributed by atoms with van der Waals surface area (Å²) in [6, 6.07) is 16.3. The molecule has 2 aromatic carbocycles. The minimum absolute atomic E-state index is 0.0242. The van der Waals surface area contributed by atoms with Gasteiger partial charge in [0.15, 0.2) is 9.84 Å². The lowest BCUT2D eigenvalue weighted by Crippen LogP contribution is -2.62. The van der Waals surface area contributed by atoms with E-state index in [2.05, 4.69) is 10.2 Å². The van der Waals surface area contributed by atoms with Crippen LogP contribution in [0.4, 0.5) is 0 Å². The van der Waals surface area contributed by atoms with E-state index in [0.717, 1.165) is 36.8 Å². The molecule has 1 aliphatic carbocycles. The van der Waals surface area contributed by atoms with E-state index >= 15 is 0 Å². The zero-order valence-electron chi connectivity index (χ0n) is 19.4. The molecule has 2 aromatic rings. The highest BCUT2D eigenvalue weighted by atomic mass is 32.2. The van der Waals surface area contributed by atoms with E-state index in [9.17, 15) is 18.3 Å². The molecule has 4 rings (SSSR count). The molecule has 7 heteroatoms. The average Bonchev–Trinajstić information content (AvgIpc) is 3.32. The maximum absolute atomic E-state index is 13.1. The molecule has 1 saturated carbocycles. The van der Waals surface area contributed by atoms with E-state index in [0.29, 0.717) is 24.4 Å². The molecule has 1 aliphatic heterocycles. The van der Waals surface area contributed by atoms with Crippen LogP contribution in [0.2, 0.25) is 0 Å². The van der Waals surface area contributed by atoms with Crippen molar-refractivity contribution < 1.29 is 18.3 Å². The predicted octanol–water partition coefficient (Wildman–Crippen LogP) is 3.46. The summed E-state index contributed by atoms with van der Waals surface area (Å²) < 4.78 is 23.6. The summed E-state index contributed by atoms with van der Waals surface area (Å²) in [6.45, 7) is 3.08. The number of hydrogen-bond acceptors (Lipinski definition) is 5. The van der Waals surface area contributed by atoms with Crippen molar-refractivity contribution in [3.8, 4) is 0 Å². The Bertz CT molecular complexity index is 1060. The number of nitrogens with zero attached hydrogens (tertiary/aromatic N) is 1. The van der Waals surface area contributed by atoms with Crippen molar-refractivity contribution in [3.05, 3.63) is 65.7 Å². The van der Waals surface area contributed by atoms with Gasteiger partial charge in [0.2, 0.25) is 5.91 Å². The third-order valence-corrected chi connectivity index (χ3v) is 8.31. The van der Waals surface area contributed by atoms with E-state index in [1.165, 1.54) is 6.26 Å². The standard InChI is InChI=1S/C26H34N2O4S/c1-26(30)16-17-28(18-19-12-14-22(15-13-19)33(2,31)32)23(20-8-4-3-5-9-20)24(26)27-25(29)21-10-6-7-11-21/h3-5,8-9,12-15,21,23-24,30H,6-7,10-11,16-18H2,1-2H3,(H,27,29)/t23-,24-,26+/m0/s1. The first-order valence-electron chi connectivity index (χ1n) is 11.8. The van der Waals surface area contributed by atoms with E-state index in [1.54, 1.807) is 12.1 Å². The number of likely N-dealkylation sites (tertiary alicyclic amines) is 1. The fourth-order valence-electron chi connectivity index (χ4n) is 5.22. The molecule has 2 fully saturated rings. The molecule has 0 aromatic heterocycles. The molecule has 0 unspecified atom stereocenters. The number of sulfone groups is 1. The van der Waals surface area contributed by atoms with E-state index < -0.39 is 21.5 Å². The van der Waals surface area contributed by atoms with Gasteiger partial charge in [0, 0.05) is 25.3 Å². The maximum atomic E-state index is 13.1. The van der Waals surface area contributed by atoms with Gasteiger partial charge in [-0.15, -0.1) is 0 Å². The zero-order chi connectivity index (χ0) is 23.6. The van der Waals surface area contributed by atoms with Gasteiger partial charge >= 0.3 is 0 Å². The first-order chi connectivity index (χ1) is 15.6. The van der Waals surface area contributed by atoms with Gasteiger partial charge in [-0.05, 0) is 49.4 Å². The van der Waals surface area contributed by atoms with Crippen LogP contribution in [0.1, 0.15) is 56.2 Å². The van der Waals surface area contributed by atoms with Gasteiger partial charge in [-0.25, -0.2) is 8.42 Å². The topological polar surface area (TPSA) is 86.7 Å². The SMILES string of the molecule is C[C@@]1(O)CCN(Cc2ccc(S(C)(=O)=O)cc2)[C@@H](c2ccccc2)[C@@H]1NC(=O)C1CCCC1. The number of rotatable bonds is 6. The molecular weight excluding hydrogens is 436 g/mol. The number of hydrogen-bond donors (Lipinski definition) is 2. The highest BCUT2D eigenvalue weighted by Gasteiger charge is 2.46. The zero-order valence-corrected chi connectivity index (χ0v) is 20.2. The first-order valence-corrected chi connectivity index (χ1v) is 13.6.